The van der Waals surface area contributed by atoms with Crippen LogP contribution in [-0.4, -0.2) is 19.8 Å². The molecule has 1 aromatic rings. The van der Waals surface area contributed by atoms with E-state index >= 15 is 0 Å². The van der Waals surface area contributed by atoms with Crippen molar-refractivity contribution >= 4 is 0 Å². The Morgan fingerprint density at radius 3 is 2.85 bits per heavy atom. The van der Waals surface area contributed by atoms with Crippen molar-refractivity contribution in [3.8, 4) is 0 Å². The van der Waals surface area contributed by atoms with Crippen LogP contribution in [0.1, 0.15) is 5.56 Å². The molecule has 0 heterocycles. The number of benzene rings is 1. The standard InChI is InChI=1S/C10H13F2N/c1-13-7-10(12)6-8-3-2-4-9(11)5-8/h2-5,10,13H,6-7H2,1H3/t10-/m0/s1. The highest BCUT2D eigenvalue weighted by Gasteiger charge is 2.06. The molecule has 0 aliphatic carbocycles. The van der Waals surface area contributed by atoms with Crippen LogP contribution in [0.5, 0.6) is 0 Å². The van der Waals surface area contributed by atoms with Crippen LogP contribution in [0.3, 0.4) is 0 Å². The molecular formula is C10H13F2N. The molecule has 0 bridgehead atoms. The Labute approximate surface area is 76.8 Å². The van der Waals surface area contributed by atoms with Crippen LogP contribution in [0.4, 0.5) is 8.78 Å². The van der Waals surface area contributed by atoms with Crippen molar-refractivity contribution in [2.45, 2.75) is 12.6 Å². The normalized spacial score (nSPS) is 12.8. The first kappa shape index (κ1) is 10.1. The monoisotopic (exact) mass is 185 g/mol. The summed E-state index contributed by atoms with van der Waals surface area (Å²) >= 11 is 0. The zero-order chi connectivity index (χ0) is 9.68. The van der Waals surface area contributed by atoms with Crippen molar-refractivity contribution in [2.75, 3.05) is 13.6 Å². The number of nitrogens with one attached hydrogen (secondary N) is 1. The molecule has 1 nitrogen and oxygen atoms in total. The molecule has 1 rings (SSSR count). The number of alkyl halides is 1. The van der Waals surface area contributed by atoms with Crippen LogP contribution < -0.4 is 5.32 Å². The van der Waals surface area contributed by atoms with E-state index in [1.807, 2.05) is 0 Å². The van der Waals surface area contributed by atoms with Gasteiger partial charge >= 0.3 is 0 Å². The van der Waals surface area contributed by atoms with Crippen molar-refractivity contribution in [1.82, 2.24) is 5.32 Å². The predicted molar refractivity (Wildman–Crippen MR) is 48.9 cm³/mol. The van der Waals surface area contributed by atoms with Crippen LogP contribution in [-0.2, 0) is 6.42 Å². The van der Waals surface area contributed by atoms with Gasteiger partial charge < -0.3 is 5.32 Å². The molecule has 0 saturated carbocycles. The Bertz CT molecular complexity index is 263. The Balaban J connectivity index is 2.53. The second kappa shape index (κ2) is 4.92. The fraction of sp³-hybridized carbons (Fsp3) is 0.400. The number of hydrogen-bond donors (Lipinski definition) is 1. The number of hydrogen-bond acceptors (Lipinski definition) is 1. The van der Waals surface area contributed by atoms with Gasteiger partial charge in [-0.3, -0.25) is 0 Å². The van der Waals surface area contributed by atoms with Gasteiger partial charge in [0.2, 0.25) is 0 Å². The average Bonchev–Trinajstić information content (AvgIpc) is 2.04. The smallest absolute Gasteiger partial charge is 0.123 e. The molecule has 0 amide bonds. The molecule has 0 saturated heterocycles. The Morgan fingerprint density at radius 2 is 2.23 bits per heavy atom. The fourth-order valence-electron chi connectivity index (χ4n) is 1.21. The molecule has 0 radical (unpaired) electrons. The van der Waals surface area contributed by atoms with Gasteiger partial charge in [0.1, 0.15) is 12.0 Å². The molecule has 1 atom stereocenters. The summed E-state index contributed by atoms with van der Waals surface area (Å²) < 4.78 is 25.7. The lowest BCUT2D eigenvalue weighted by Gasteiger charge is -2.06. The molecule has 0 aliphatic rings. The summed E-state index contributed by atoms with van der Waals surface area (Å²) in [7, 11) is 1.69. The highest BCUT2D eigenvalue weighted by molar-refractivity contribution is 5.17. The molecular weight excluding hydrogens is 172 g/mol. The third-order valence-electron chi connectivity index (χ3n) is 1.77. The number of halogens is 2. The van der Waals surface area contributed by atoms with E-state index in [1.54, 1.807) is 19.2 Å². The van der Waals surface area contributed by atoms with E-state index in [1.165, 1.54) is 12.1 Å². The third-order valence-corrected chi connectivity index (χ3v) is 1.77. The van der Waals surface area contributed by atoms with Gasteiger partial charge in [-0.25, -0.2) is 8.78 Å². The first-order valence-electron chi connectivity index (χ1n) is 4.25. The maximum Gasteiger partial charge on any atom is 0.123 e. The predicted octanol–water partition coefficient (Wildman–Crippen LogP) is 1.93. The Kier molecular flexibility index (Phi) is 3.83. The molecule has 72 valence electrons. The minimum atomic E-state index is -0.952. The van der Waals surface area contributed by atoms with Crippen LogP contribution in [0.25, 0.3) is 0 Å². The topological polar surface area (TPSA) is 12.0 Å². The largest absolute Gasteiger partial charge is 0.317 e. The van der Waals surface area contributed by atoms with E-state index in [4.69, 9.17) is 0 Å². The summed E-state index contributed by atoms with van der Waals surface area (Å²) in [5.74, 6) is -0.311. The first-order valence-corrected chi connectivity index (χ1v) is 4.25. The van der Waals surface area contributed by atoms with Crippen molar-refractivity contribution in [2.24, 2.45) is 0 Å². The van der Waals surface area contributed by atoms with Crippen molar-refractivity contribution in [1.29, 1.82) is 0 Å². The lowest BCUT2D eigenvalue weighted by atomic mass is 10.1. The Morgan fingerprint density at radius 1 is 1.46 bits per heavy atom. The van der Waals surface area contributed by atoms with E-state index < -0.39 is 6.17 Å². The number of rotatable bonds is 4. The summed E-state index contributed by atoms with van der Waals surface area (Å²) in [5, 5.41) is 2.73. The van der Waals surface area contributed by atoms with Crippen LogP contribution in [0, 0.1) is 5.82 Å². The molecule has 0 unspecified atom stereocenters. The minimum Gasteiger partial charge on any atom is -0.317 e. The SMILES string of the molecule is CNC[C@@H](F)Cc1cccc(F)c1. The van der Waals surface area contributed by atoms with Crippen LogP contribution in [0.15, 0.2) is 24.3 Å². The van der Waals surface area contributed by atoms with Gasteiger partial charge in [-0.05, 0) is 24.7 Å². The van der Waals surface area contributed by atoms with Crippen LogP contribution >= 0.6 is 0 Å². The maximum absolute atomic E-state index is 13.0. The second-order valence-corrected chi connectivity index (χ2v) is 2.99. The zero-order valence-corrected chi connectivity index (χ0v) is 7.56. The van der Waals surface area contributed by atoms with Crippen molar-refractivity contribution in [3.63, 3.8) is 0 Å². The summed E-state index contributed by atoms with van der Waals surface area (Å²) in [6.45, 7) is 0.302. The Hall–Kier alpha value is -0.960. The first-order chi connectivity index (χ1) is 6.22. The van der Waals surface area contributed by atoms with E-state index in [-0.39, 0.29) is 12.2 Å². The molecule has 1 aromatic carbocycles. The highest BCUT2D eigenvalue weighted by Crippen LogP contribution is 2.07. The molecule has 1 N–H and O–H groups in total. The maximum atomic E-state index is 13.0. The van der Waals surface area contributed by atoms with Gasteiger partial charge in [0.25, 0.3) is 0 Å². The third kappa shape index (κ3) is 3.51. The lowest BCUT2D eigenvalue weighted by molar-refractivity contribution is 0.324. The van der Waals surface area contributed by atoms with E-state index in [0.717, 1.165) is 0 Å². The van der Waals surface area contributed by atoms with Crippen molar-refractivity contribution < 1.29 is 8.78 Å². The van der Waals surface area contributed by atoms with Gasteiger partial charge in [0.05, 0.1) is 0 Å². The quantitative estimate of drug-likeness (QED) is 0.755. The molecule has 0 fully saturated rings. The average molecular weight is 185 g/mol. The zero-order valence-electron chi connectivity index (χ0n) is 7.56. The van der Waals surface area contributed by atoms with Crippen molar-refractivity contribution in [3.05, 3.63) is 35.6 Å². The van der Waals surface area contributed by atoms with Gasteiger partial charge in [0.15, 0.2) is 0 Å². The second-order valence-electron chi connectivity index (χ2n) is 2.99. The van der Waals surface area contributed by atoms with Crippen LogP contribution in [0.2, 0.25) is 0 Å². The fourth-order valence-corrected chi connectivity index (χ4v) is 1.21. The van der Waals surface area contributed by atoms with Gasteiger partial charge in [-0.2, -0.15) is 0 Å². The summed E-state index contributed by atoms with van der Waals surface area (Å²) in [5.41, 5.74) is 0.697. The van der Waals surface area contributed by atoms with Gasteiger partial charge in [0, 0.05) is 13.0 Å². The van der Waals surface area contributed by atoms with E-state index in [2.05, 4.69) is 5.32 Å². The highest BCUT2D eigenvalue weighted by atomic mass is 19.1. The van der Waals surface area contributed by atoms with Gasteiger partial charge in [-0.15, -0.1) is 0 Å². The lowest BCUT2D eigenvalue weighted by Crippen LogP contribution is -2.21. The van der Waals surface area contributed by atoms with Gasteiger partial charge in [-0.1, -0.05) is 12.1 Å². The van der Waals surface area contributed by atoms with E-state index in [9.17, 15) is 8.78 Å². The molecule has 0 aliphatic heterocycles. The summed E-state index contributed by atoms with van der Waals surface area (Å²) in [6, 6.07) is 6.04. The molecule has 0 aromatic heterocycles. The van der Waals surface area contributed by atoms with E-state index in [0.29, 0.717) is 12.1 Å². The minimum absolute atomic E-state index is 0.262. The summed E-state index contributed by atoms with van der Waals surface area (Å²) in [4.78, 5) is 0. The molecule has 3 heteroatoms. The summed E-state index contributed by atoms with van der Waals surface area (Å²) in [6.07, 6.45) is -0.690. The molecule has 13 heavy (non-hydrogen) atoms. The molecule has 0 spiro atoms.